The number of primary amides is 1. The summed E-state index contributed by atoms with van der Waals surface area (Å²) in [5.74, 6) is 0.351. The number of hydrogen-bond donors (Lipinski definition) is 3. The van der Waals surface area contributed by atoms with Crippen LogP contribution in [0.3, 0.4) is 0 Å². The first kappa shape index (κ1) is 12.7. The van der Waals surface area contributed by atoms with E-state index in [2.05, 4.69) is 12.2 Å². The van der Waals surface area contributed by atoms with Crippen LogP contribution >= 0.6 is 0 Å². The van der Waals surface area contributed by atoms with E-state index >= 15 is 0 Å². The van der Waals surface area contributed by atoms with Crippen LogP contribution in [0.1, 0.15) is 43.0 Å². The van der Waals surface area contributed by atoms with Gasteiger partial charge in [-0.3, -0.25) is 4.79 Å². The van der Waals surface area contributed by atoms with Crippen LogP contribution in [0.25, 0.3) is 0 Å². The van der Waals surface area contributed by atoms with Crippen molar-refractivity contribution in [2.24, 2.45) is 11.7 Å². The molecule has 0 atom stereocenters. The highest BCUT2D eigenvalue weighted by Gasteiger charge is 2.18. The fourth-order valence-electron chi connectivity index (χ4n) is 2.50. The summed E-state index contributed by atoms with van der Waals surface area (Å²) in [6.45, 7) is 2.30. The van der Waals surface area contributed by atoms with Crippen LogP contribution in [0.4, 0.5) is 11.4 Å². The third-order valence-electron chi connectivity index (χ3n) is 3.71. The number of nitrogens with two attached hydrogens (primary N) is 2. The van der Waals surface area contributed by atoms with Gasteiger partial charge in [0.25, 0.3) is 5.91 Å². The first-order chi connectivity index (χ1) is 8.56. The standard InChI is InChI=1S/C14H21N3O/c1-9-2-4-10(5-3-9)17-11-6-7-13(15)12(8-11)14(16)18/h6-10,17H,2-5,15H2,1H3,(H2,16,18). The minimum Gasteiger partial charge on any atom is -0.398 e. The summed E-state index contributed by atoms with van der Waals surface area (Å²) in [6, 6.07) is 5.87. The molecule has 0 saturated heterocycles. The monoisotopic (exact) mass is 247 g/mol. The molecule has 1 aliphatic rings. The number of amides is 1. The van der Waals surface area contributed by atoms with E-state index in [1.165, 1.54) is 25.7 Å². The number of carbonyl (C=O) groups is 1. The molecule has 4 nitrogen and oxygen atoms in total. The van der Waals surface area contributed by atoms with Gasteiger partial charge in [0, 0.05) is 17.4 Å². The minimum atomic E-state index is -0.478. The van der Waals surface area contributed by atoms with Gasteiger partial charge in [-0.05, 0) is 49.8 Å². The lowest BCUT2D eigenvalue weighted by molar-refractivity contribution is 0.100. The molecule has 4 heteroatoms. The molecule has 0 spiro atoms. The van der Waals surface area contributed by atoms with Crippen molar-refractivity contribution in [1.29, 1.82) is 0 Å². The van der Waals surface area contributed by atoms with E-state index < -0.39 is 5.91 Å². The SMILES string of the molecule is CC1CCC(Nc2ccc(N)c(C(N)=O)c2)CC1. The molecular weight excluding hydrogens is 226 g/mol. The molecule has 1 fully saturated rings. The molecule has 1 amide bonds. The highest BCUT2D eigenvalue weighted by atomic mass is 16.1. The number of anilines is 2. The zero-order chi connectivity index (χ0) is 13.1. The van der Waals surface area contributed by atoms with E-state index in [0.29, 0.717) is 17.3 Å². The van der Waals surface area contributed by atoms with Crippen LogP contribution in [0, 0.1) is 5.92 Å². The Bertz CT molecular complexity index is 437. The van der Waals surface area contributed by atoms with Crippen LogP contribution in [0.15, 0.2) is 18.2 Å². The third kappa shape index (κ3) is 2.94. The summed E-state index contributed by atoms with van der Waals surface area (Å²) in [5.41, 5.74) is 12.8. The smallest absolute Gasteiger partial charge is 0.250 e. The fraction of sp³-hybridized carbons (Fsp3) is 0.500. The summed E-state index contributed by atoms with van der Waals surface area (Å²) in [5, 5.41) is 3.46. The van der Waals surface area contributed by atoms with Gasteiger partial charge in [-0.15, -0.1) is 0 Å². The van der Waals surface area contributed by atoms with Crippen LogP contribution in [0.5, 0.6) is 0 Å². The van der Waals surface area contributed by atoms with Gasteiger partial charge < -0.3 is 16.8 Å². The molecule has 18 heavy (non-hydrogen) atoms. The van der Waals surface area contributed by atoms with Crippen LogP contribution in [-0.2, 0) is 0 Å². The van der Waals surface area contributed by atoms with E-state index in [4.69, 9.17) is 11.5 Å². The second-order valence-electron chi connectivity index (χ2n) is 5.27. The Labute approximate surface area is 108 Å². The van der Waals surface area contributed by atoms with Crippen LogP contribution in [0.2, 0.25) is 0 Å². The van der Waals surface area contributed by atoms with Crippen molar-refractivity contribution in [2.45, 2.75) is 38.6 Å². The Morgan fingerprint density at radius 2 is 1.94 bits per heavy atom. The zero-order valence-corrected chi connectivity index (χ0v) is 10.8. The van der Waals surface area contributed by atoms with Crippen LogP contribution in [-0.4, -0.2) is 11.9 Å². The van der Waals surface area contributed by atoms with Gasteiger partial charge in [-0.25, -0.2) is 0 Å². The van der Waals surface area contributed by atoms with Crippen molar-refractivity contribution in [3.63, 3.8) is 0 Å². The number of hydrogen-bond acceptors (Lipinski definition) is 3. The Morgan fingerprint density at radius 1 is 1.28 bits per heavy atom. The molecule has 1 aromatic rings. The second-order valence-corrected chi connectivity index (χ2v) is 5.27. The Hall–Kier alpha value is -1.71. The van der Waals surface area contributed by atoms with E-state index in [1.54, 1.807) is 12.1 Å². The van der Waals surface area contributed by atoms with Gasteiger partial charge in [-0.1, -0.05) is 6.92 Å². The number of nitrogen functional groups attached to an aromatic ring is 1. The fourth-order valence-corrected chi connectivity index (χ4v) is 2.50. The molecule has 0 heterocycles. The molecule has 0 radical (unpaired) electrons. The number of nitrogens with one attached hydrogen (secondary N) is 1. The molecule has 5 N–H and O–H groups in total. The molecule has 1 aromatic carbocycles. The average Bonchev–Trinajstić information content (AvgIpc) is 2.34. The Kier molecular flexibility index (Phi) is 3.75. The third-order valence-corrected chi connectivity index (χ3v) is 3.71. The largest absolute Gasteiger partial charge is 0.398 e. The van der Waals surface area contributed by atoms with Crippen molar-refractivity contribution >= 4 is 17.3 Å². The lowest BCUT2D eigenvalue weighted by atomic mass is 9.87. The average molecular weight is 247 g/mol. The maximum absolute atomic E-state index is 11.2. The van der Waals surface area contributed by atoms with Gasteiger partial charge >= 0.3 is 0 Å². The van der Waals surface area contributed by atoms with Gasteiger partial charge in [0.15, 0.2) is 0 Å². The van der Waals surface area contributed by atoms with Crippen molar-refractivity contribution in [1.82, 2.24) is 0 Å². The van der Waals surface area contributed by atoms with E-state index in [-0.39, 0.29) is 0 Å². The summed E-state index contributed by atoms with van der Waals surface area (Å²) in [7, 11) is 0. The molecule has 1 aliphatic carbocycles. The highest BCUT2D eigenvalue weighted by Crippen LogP contribution is 2.27. The Balaban J connectivity index is 2.05. The summed E-state index contributed by atoms with van der Waals surface area (Å²) >= 11 is 0. The normalized spacial score (nSPS) is 23.6. The lowest BCUT2D eigenvalue weighted by Crippen LogP contribution is -2.25. The van der Waals surface area contributed by atoms with Gasteiger partial charge in [0.05, 0.1) is 5.56 Å². The van der Waals surface area contributed by atoms with Gasteiger partial charge in [-0.2, -0.15) is 0 Å². The molecule has 0 unspecified atom stereocenters. The molecule has 0 aromatic heterocycles. The summed E-state index contributed by atoms with van der Waals surface area (Å²) in [6.07, 6.45) is 4.87. The van der Waals surface area contributed by atoms with E-state index in [0.717, 1.165) is 11.6 Å². The highest BCUT2D eigenvalue weighted by molar-refractivity contribution is 5.98. The first-order valence-corrected chi connectivity index (χ1v) is 6.52. The molecule has 1 saturated carbocycles. The molecular formula is C14H21N3O. The van der Waals surface area contributed by atoms with Gasteiger partial charge in [0.2, 0.25) is 0 Å². The van der Waals surface area contributed by atoms with Crippen molar-refractivity contribution in [3.05, 3.63) is 23.8 Å². The van der Waals surface area contributed by atoms with E-state index in [1.807, 2.05) is 6.07 Å². The molecule has 0 aliphatic heterocycles. The van der Waals surface area contributed by atoms with Gasteiger partial charge in [0.1, 0.15) is 0 Å². The van der Waals surface area contributed by atoms with E-state index in [9.17, 15) is 4.79 Å². The summed E-state index contributed by atoms with van der Waals surface area (Å²) < 4.78 is 0. The summed E-state index contributed by atoms with van der Waals surface area (Å²) in [4.78, 5) is 11.2. The first-order valence-electron chi connectivity index (χ1n) is 6.52. The number of carbonyl (C=O) groups excluding carboxylic acids is 1. The number of rotatable bonds is 3. The number of benzene rings is 1. The predicted octanol–water partition coefficient (Wildman–Crippen LogP) is 2.36. The quantitative estimate of drug-likeness (QED) is 0.717. The van der Waals surface area contributed by atoms with Crippen molar-refractivity contribution in [3.8, 4) is 0 Å². The van der Waals surface area contributed by atoms with Crippen molar-refractivity contribution in [2.75, 3.05) is 11.1 Å². The topological polar surface area (TPSA) is 81.1 Å². The Morgan fingerprint density at radius 3 is 2.56 bits per heavy atom. The predicted molar refractivity (Wildman–Crippen MR) is 74.4 cm³/mol. The minimum absolute atomic E-state index is 0.393. The van der Waals surface area contributed by atoms with Crippen LogP contribution < -0.4 is 16.8 Å². The lowest BCUT2D eigenvalue weighted by Gasteiger charge is -2.27. The molecule has 2 rings (SSSR count). The maximum Gasteiger partial charge on any atom is 0.250 e. The maximum atomic E-state index is 11.2. The molecule has 98 valence electrons. The zero-order valence-electron chi connectivity index (χ0n) is 10.8. The van der Waals surface area contributed by atoms with Crippen molar-refractivity contribution < 1.29 is 4.79 Å². The molecule has 0 bridgehead atoms. The second kappa shape index (κ2) is 5.29.